The molecule has 0 saturated heterocycles. The lowest BCUT2D eigenvalue weighted by Crippen LogP contribution is -2.06. The standard InChI is InChI=1S/C24H17IO3/c1-27-18-13-11-17(12-14-18)23-20(16-7-3-2-4-8-16)15-22(28-24(23)26)19-9-5-6-10-21(19)25/h2-15H,1H3. The third-order valence-electron chi connectivity index (χ3n) is 4.55. The highest BCUT2D eigenvalue weighted by Gasteiger charge is 2.17. The molecular formula is C24H17IO3. The van der Waals surface area contributed by atoms with Gasteiger partial charge in [-0.05, 0) is 58.0 Å². The van der Waals surface area contributed by atoms with Gasteiger partial charge in [-0.2, -0.15) is 0 Å². The van der Waals surface area contributed by atoms with Gasteiger partial charge in [-0.15, -0.1) is 0 Å². The lowest BCUT2D eigenvalue weighted by atomic mass is 9.95. The van der Waals surface area contributed by atoms with Gasteiger partial charge in [-0.1, -0.05) is 60.7 Å². The van der Waals surface area contributed by atoms with Crippen molar-refractivity contribution in [2.24, 2.45) is 0 Å². The van der Waals surface area contributed by atoms with E-state index in [1.807, 2.05) is 84.9 Å². The number of methoxy groups -OCH3 is 1. The third kappa shape index (κ3) is 3.60. The summed E-state index contributed by atoms with van der Waals surface area (Å²) in [5, 5.41) is 0. The van der Waals surface area contributed by atoms with E-state index in [0.29, 0.717) is 11.3 Å². The molecule has 4 aromatic rings. The minimum absolute atomic E-state index is 0.360. The zero-order valence-corrected chi connectivity index (χ0v) is 17.3. The summed E-state index contributed by atoms with van der Waals surface area (Å²) in [5.41, 5.74) is 3.69. The Labute approximate surface area is 176 Å². The van der Waals surface area contributed by atoms with Crippen molar-refractivity contribution in [3.8, 4) is 39.3 Å². The average molecular weight is 480 g/mol. The van der Waals surface area contributed by atoms with Crippen LogP contribution in [0.5, 0.6) is 5.75 Å². The van der Waals surface area contributed by atoms with Crippen LogP contribution in [-0.2, 0) is 0 Å². The van der Waals surface area contributed by atoms with Gasteiger partial charge < -0.3 is 9.15 Å². The van der Waals surface area contributed by atoms with Gasteiger partial charge in [-0.25, -0.2) is 4.79 Å². The van der Waals surface area contributed by atoms with Gasteiger partial charge in [0.15, 0.2) is 0 Å². The SMILES string of the molecule is COc1ccc(-c2c(-c3ccccc3)cc(-c3ccccc3I)oc2=O)cc1. The Morgan fingerprint density at radius 1 is 0.786 bits per heavy atom. The van der Waals surface area contributed by atoms with Crippen molar-refractivity contribution in [3.05, 3.63) is 98.9 Å². The van der Waals surface area contributed by atoms with Crippen molar-refractivity contribution < 1.29 is 9.15 Å². The highest BCUT2D eigenvalue weighted by molar-refractivity contribution is 14.1. The Kier molecular flexibility index (Phi) is 5.30. The van der Waals surface area contributed by atoms with E-state index in [-0.39, 0.29) is 5.63 Å². The van der Waals surface area contributed by atoms with Crippen LogP contribution in [0.2, 0.25) is 0 Å². The largest absolute Gasteiger partial charge is 0.497 e. The fourth-order valence-electron chi connectivity index (χ4n) is 3.16. The lowest BCUT2D eigenvalue weighted by Gasteiger charge is -2.12. The first kappa shape index (κ1) is 18.5. The van der Waals surface area contributed by atoms with E-state index in [1.54, 1.807) is 7.11 Å². The maximum absolute atomic E-state index is 13.1. The highest BCUT2D eigenvalue weighted by Crippen LogP contribution is 2.34. The molecular weight excluding hydrogens is 463 g/mol. The molecule has 0 fully saturated rings. The predicted molar refractivity (Wildman–Crippen MR) is 121 cm³/mol. The van der Waals surface area contributed by atoms with Crippen LogP contribution >= 0.6 is 22.6 Å². The van der Waals surface area contributed by atoms with E-state index in [2.05, 4.69) is 22.6 Å². The molecule has 3 aromatic carbocycles. The summed E-state index contributed by atoms with van der Waals surface area (Å²) in [6.07, 6.45) is 0. The van der Waals surface area contributed by atoms with E-state index in [0.717, 1.165) is 31.6 Å². The van der Waals surface area contributed by atoms with Gasteiger partial charge in [-0.3, -0.25) is 0 Å². The van der Waals surface area contributed by atoms with Crippen molar-refractivity contribution in [1.29, 1.82) is 0 Å². The number of benzene rings is 3. The molecule has 138 valence electrons. The van der Waals surface area contributed by atoms with Crippen LogP contribution in [0.15, 0.2) is 94.1 Å². The molecule has 0 spiro atoms. The molecule has 0 aliphatic carbocycles. The first-order chi connectivity index (χ1) is 13.7. The van der Waals surface area contributed by atoms with Crippen molar-refractivity contribution >= 4 is 22.6 Å². The van der Waals surface area contributed by atoms with Gasteiger partial charge in [0.05, 0.1) is 12.7 Å². The Hall–Kier alpha value is -2.86. The fraction of sp³-hybridized carbons (Fsp3) is 0.0417. The molecule has 0 aliphatic heterocycles. The van der Waals surface area contributed by atoms with Crippen molar-refractivity contribution in [3.63, 3.8) is 0 Å². The average Bonchev–Trinajstić information content (AvgIpc) is 2.74. The molecule has 3 nitrogen and oxygen atoms in total. The maximum atomic E-state index is 13.1. The van der Waals surface area contributed by atoms with Crippen LogP contribution in [0.25, 0.3) is 33.6 Å². The van der Waals surface area contributed by atoms with Gasteiger partial charge in [0.1, 0.15) is 11.5 Å². The molecule has 0 amide bonds. The van der Waals surface area contributed by atoms with Crippen LogP contribution in [0.3, 0.4) is 0 Å². The summed E-state index contributed by atoms with van der Waals surface area (Å²) >= 11 is 2.25. The summed E-state index contributed by atoms with van der Waals surface area (Å²) in [5.74, 6) is 1.30. The van der Waals surface area contributed by atoms with Crippen LogP contribution in [-0.4, -0.2) is 7.11 Å². The second-order valence-corrected chi connectivity index (χ2v) is 7.42. The van der Waals surface area contributed by atoms with Crippen LogP contribution < -0.4 is 10.4 Å². The number of ether oxygens (including phenoxy) is 1. The molecule has 28 heavy (non-hydrogen) atoms. The number of halogens is 1. The van der Waals surface area contributed by atoms with E-state index in [4.69, 9.17) is 9.15 Å². The van der Waals surface area contributed by atoms with Crippen molar-refractivity contribution in [2.75, 3.05) is 7.11 Å². The lowest BCUT2D eigenvalue weighted by molar-refractivity contribution is 0.415. The van der Waals surface area contributed by atoms with E-state index >= 15 is 0 Å². The summed E-state index contributed by atoms with van der Waals surface area (Å²) in [6.45, 7) is 0. The van der Waals surface area contributed by atoms with Crippen molar-refractivity contribution in [1.82, 2.24) is 0 Å². The van der Waals surface area contributed by atoms with Crippen LogP contribution in [0.1, 0.15) is 0 Å². The smallest absolute Gasteiger partial charge is 0.344 e. The monoisotopic (exact) mass is 480 g/mol. The Bertz CT molecular complexity index is 1160. The minimum Gasteiger partial charge on any atom is -0.497 e. The predicted octanol–water partition coefficient (Wildman–Crippen LogP) is 6.25. The van der Waals surface area contributed by atoms with Crippen LogP contribution in [0.4, 0.5) is 0 Å². The second-order valence-electron chi connectivity index (χ2n) is 6.26. The van der Waals surface area contributed by atoms with Crippen LogP contribution in [0, 0.1) is 3.57 Å². The number of hydrogen-bond donors (Lipinski definition) is 0. The van der Waals surface area contributed by atoms with E-state index in [1.165, 1.54) is 0 Å². The second kappa shape index (κ2) is 8.02. The Balaban J connectivity index is 1.98. The summed E-state index contributed by atoms with van der Waals surface area (Å²) in [7, 11) is 1.62. The quantitative estimate of drug-likeness (QED) is 0.324. The van der Waals surface area contributed by atoms with E-state index in [9.17, 15) is 4.79 Å². The van der Waals surface area contributed by atoms with E-state index < -0.39 is 0 Å². The van der Waals surface area contributed by atoms with Gasteiger partial charge >= 0.3 is 5.63 Å². The molecule has 0 unspecified atom stereocenters. The topological polar surface area (TPSA) is 39.4 Å². The molecule has 1 aromatic heterocycles. The zero-order chi connectivity index (χ0) is 19.5. The van der Waals surface area contributed by atoms with Gasteiger partial charge in [0.2, 0.25) is 0 Å². The first-order valence-electron chi connectivity index (χ1n) is 8.80. The molecule has 1 heterocycles. The minimum atomic E-state index is -0.360. The first-order valence-corrected chi connectivity index (χ1v) is 9.88. The van der Waals surface area contributed by atoms with Gasteiger partial charge in [0, 0.05) is 14.7 Å². The van der Waals surface area contributed by atoms with Gasteiger partial charge in [0.25, 0.3) is 0 Å². The fourth-order valence-corrected chi connectivity index (χ4v) is 3.82. The number of hydrogen-bond acceptors (Lipinski definition) is 3. The molecule has 4 rings (SSSR count). The maximum Gasteiger partial charge on any atom is 0.344 e. The molecule has 0 radical (unpaired) electrons. The zero-order valence-electron chi connectivity index (χ0n) is 15.2. The summed E-state index contributed by atoms with van der Waals surface area (Å²) < 4.78 is 12.0. The molecule has 0 bridgehead atoms. The Morgan fingerprint density at radius 2 is 1.46 bits per heavy atom. The molecule has 0 aliphatic rings. The molecule has 0 N–H and O–H groups in total. The number of rotatable bonds is 4. The molecule has 0 atom stereocenters. The third-order valence-corrected chi connectivity index (χ3v) is 5.50. The normalized spacial score (nSPS) is 10.6. The van der Waals surface area contributed by atoms with Crippen molar-refractivity contribution in [2.45, 2.75) is 0 Å². The highest BCUT2D eigenvalue weighted by atomic mass is 127. The molecule has 0 saturated carbocycles. The Morgan fingerprint density at radius 3 is 2.14 bits per heavy atom. The summed E-state index contributed by atoms with van der Waals surface area (Å²) in [6, 6.07) is 27.2. The summed E-state index contributed by atoms with van der Waals surface area (Å²) in [4.78, 5) is 13.1. The molecule has 4 heteroatoms.